The average Bonchev–Trinajstić information content (AvgIpc) is 3.43. The van der Waals surface area contributed by atoms with Gasteiger partial charge < -0.3 is 4.57 Å². The molecule has 7 rings (SSSR count). The number of hydrogen-bond acceptors (Lipinski definition) is 1. The van der Waals surface area contributed by atoms with Crippen molar-refractivity contribution >= 4 is 38.2 Å². The smallest absolute Gasteiger partial charge is 0.200 e. The lowest BCUT2D eigenvalue weighted by molar-refractivity contribution is 0.367. The molecule has 0 bridgehead atoms. The van der Waals surface area contributed by atoms with Gasteiger partial charge in [0.2, 0.25) is 5.82 Å². The van der Waals surface area contributed by atoms with E-state index in [1.54, 1.807) is 18.2 Å². The summed E-state index contributed by atoms with van der Waals surface area (Å²) >= 11 is 0. The molecule has 0 amide bonds. The number of para-hydroxylation sites is 2. The van der Waals surface area contributed by atoms with Crippen molar-refractivity contribution in [2.24, 2.45) is 0 Å². The van der Waals surface area contributed by atoms with Gasteiger partial charge in [-0.15, -0.1) is 0 Å². The molecule has 4 aromatic carbocycles. The summed E-state index contributed by atoms with van der Waals surface area (Å²) in [4.78, 5) is 1.00. The predicted octanol–water partition coefficient (Wildman–Crippen LogP) is 8.06. The largest absolute Gasteiger partial charge is 0.308 e. The fourth-order valence-corrected chi connectivity index (χ4v) is 7.21. The molecule has 188 valence electrons. The fraction of sp³-hybridized carbons (Fsp3) is 0.0667. The van der Waals surface area contributed by atoms with Gasteiger partial charge in [0.15, 0.2) is 23.3 Å². The first-order chi connectivity index (χ1) is 18.4. The second kappa shape index (κ2) is 8.23. The Morgan fingerprint density at radius 1 is 0.711 bits per heavy atom. The van der Waals surface area contributed by atoms with Crippen LogP contribution in [0.5, 0.6) is 0 Å². The number of allylic oxidation sites excluding steroid dienone is 3. The third-order valence-corrected chi connectivity index (χ3v) is 8.88. The average molecular weight is 534 g/mol. The molecule has 2 heterocycles. The molecule has 38 heavy (non-hydrogen) atoms. The molecule has 2 atom stereocenters. The second-order valence-electron chi connectivity index (χ2n) is 9.27. The first-order valence-electron chi connectivity index (χ1n) is 11.9. The van der Waals surface area contributed by atoms with Crippen LogP contribution in [0.4, 0.5) is 22.0 Å². The maximum Gasteiger partial charge on any atom is 0.200 e. The van der Waals surface area contributed by atoms with Gasteiger partial charge in [0.05, 0.1) is 32.4 Å². The van der Waals surface area contributed by atoms with E-state index in [0.29, 0.717) is 26.6 Å². The molecule has 1 aliphatic carbocycles. The van der Waals surface area contributed by atoms with Crippen LogP contribution in [0.3, 0.4) is 0 Å². The standard InChI is InChI=1S/C30H16F5NOS/c31-25-24(26(32)28(34)29(35)27(25)33)15-12-13-23-19(14-15)18-8-5-11-22(30(18)38(23)37)36-20-9-3-1-6-16(20)17-7-2-4-10-21(17)36/h1-11,13-15H,12H2. The Morgan fingerprint density at radius 3 is 1.92 bits per heavy atom. The van der Waals surface area contributed by atoms with Gasteiger partial charge in [-0.25, -0.2) is 26.2 Å². The summed E-state index contributed by atoms with van der Waals surface area (Å²) in [5.41, 5.74) is 2.74. The Labute approximate surface area is 215 Å². The topological polar surface area (TPSA) is 22.0 Å². The first-order valence-corrected chi connectivity index (χ1v) is 13.0. The van der Waals surface area contributed by atoms with Crippen molar-refractivity contribution in [1.29, 1.82) is 0 Å². The lowest BCUT2D eigenvalue weighted by Crippen LogP contribution is -2.12. The normalized spacial score (nSPS) is 18.4. The van der Waals surface area contributed by atoms with Crippen LogP contribution in [0.15, 0.2) is 88.7 Å². The van der Waals surface area contributed by atoms with Crippen LogP contribution in [0.2, 0.25) is 0 Å². The minimum Gasteiger partial charge on any atom is -0.308 e. The van der Waals surface area contributed by atoms with Gasteiger partial charge in [-0.3, -0.25) is 0 Å². The van der Waals surface area contributed by atoms with Gasteiger partial charge in [-0.2, -0.15) is 0 Å². The molecule has 0 saturated heterocycles. The van der Waals surface area contributed by atoms with Crippen LogP contribution in [0, 0.1) is 29.1 Å². The Hall–Kier alpha value is -4.04. The van der Waals surface area contributed by atoms with E-state index in [1.165, 1.54) is 6.08 Å². The number of hydrogen-bond donors (Lipinski definition) is 0. The number of nitrogens with zero attached hydrogens (tertiary/aromatic N) is 1. The number of halogens is 5. The second-order valence-corrected chi connectivity index (χ2v) is 10.7. The van der Waals surface area contributed by atoms with E-state index in [-0.39, 0.29) is 6.42 Å². The summed E-state index contributed by atoms with van der Waals surface area (Å²) in [6.45, 7) is 0. The van der Waals surface area contributed by atoms with E-state index in [9.17, 15) is 26.2 Å². The molecular formula is C30H16F5NOS. The molecule has 0 saturated carbocycles. The highest BCUT2D eigenvalue weighted by Gasteiger charge is 2.37. The molecule has 1 aliphatic heterocycles. The molecule has 2 aliphatic rings. The monoisotopic (exact) mass is 533 g/mol. The van der Waals surface area contributed by atoms with Crippen molar-refractivity contribution in [3.05, 3.63) is 124 Å². The summed E-state index contributed by atoms with van der Waals surface area (Å²) in [5.74, 6) is -11.0. The number of rotatable bonds is 2. The van der Waals surface area contributed by atoms with E-state index in [4.69, 9.17) is 0 Å². The van der Waals surface area contributed by atoms with Crippen molar-refractivity contribution in [3.8, 4) is 5.69 Å². The van der Waals surface area contributed by atoms with Crippen molar-refractivity contribution in [3.63, 3.8) is 0 Å². The van der Waals surface area contributed by atoms with Gasteiger partial charge in [0.25, 0.3) is 0 Å². The summed E-state index contributed by atoms with van der Waals surface area (Å²) in [5, 5.41) is 2.07. The highest BCUT2D eigenvalue weighted by atomic mass is 32.2. The van der Waals surface area contributed by atoms with Crippen LogP contribution in [-0.4, -0.2) is 8.78 Å². The van der Waals surface area contributed by atoms with Crippen molar-refractivity contribution in [2.45, 2.75) is 17.2 Å². The molecule has 0 N–H and O–H groups in total. The molecule has 0 radical (unpaired) electrons. The third-order valence-electron chi connectivity index (χ3n) is 7.30. The Morgan fingerprint density at radius 2 is 1.29 bits per heavy atom. The molecule has 8 heteroatoms. The minimum atomic E-state index is -2.19. The number of benzene rings is 4. The third kappa shape index (κ3) is 3.01. The van der Waals surface area contributed by atoms with Crippen molar-refractivity contribution in [1.82, 2.24) is 4.57 Å². The molecule has 0 fully saturated rings. The number of aromatic nitrogens is 1. The molecule has 5 aromatic rings. The highest BCUT2D eigenvalue weighted by Crippen LogP contribution is 2.49. The lowest BCUT2D eigenvalue weighted by Gasteiger charge is -2.20. The summed E-state index contributed by atoms with van der Waals surface area (Å²) in [6.07, 6.45) is 2.98. The van der Waals surface area contributed by atoms with E-state index in [2.05, 4.69) is 0 Å². The van der Waals surface area contributed by atoms with E-state index in [0.717, 1.165) is 21.8 Å². The highest BCUT2D eigenvalue weighted by molar-refractivity contribution is 7.90. The first kappa shape index (κ1) is 23.1. The van der Waals surface area contributed by atoms with Gasteiger partial charge >= 0.3 is 0 Å². The van der Waals surface area contributed by atoms with Crippen LogP contribution >= 0.6 is 0 Å². The maximum atomic E-state index is 14.6. The Balaban J connectivity index is 1.45. The van der Waals surface area contributed by atoms with Crippen molar-refractivity contribution < 1.29 is 26.2 Å². The minimum absolute atomic E-state index is 0.0539. The molecule has 1 aromatic heterocycles. The zero-order valence-electron chi connectivity index (χ0n) is 19.4. The van der Waals surface area contributed by atoms with Crippen LogP contribution in [0.1, 0.15) is 23.5 Å². The summed E-state index contributed by atoms with van der Waals surface area (Å²) < 4.78 is 86.6. The van der Waals surface area contributed by atoms with Crippen LogP contribution in [0.25, 0.3) is 33.1 Å². The SMILES string of the molecule is O=S1C2=CCC(c3c(F)c(F)c(F)c(F)c3F)C=C2c2cccc(-n3c4ccccc4c4ccccc43)c21. The van der Waals surface area contributed by atoms with Crippen LogP contribution < -0.4 is 0 Å². The quantitative estimate of drug-likeness (QED) is 0.128. The molecular weight excluding hydrogens is 517 g/mol. The molecule has 0 spiro atoms. The van der Waals surface area contributed by atoms with E-state index < -0.39 is 51.4 Å². The maximum absolute atomic E-state index is 14.6. The zero-order valence-corrected chi connectivity index (χ0v) is 20.3. The van der Waals surface area contributed by atoms with Gasteiger partial charge in [0.1, 0.15) is 0 Å². The van der Waals surface area contributed by atoms with Crippen molar-refractivity contribution in [2.75, 3.05) is 0 Å². The molecule has 2 nitrogen and oxygen atoms in total. The van der Waals surface area contributed by atoms with Gasteiger partial charge in [-0.1, -0.05) is 60.7 Å². The lowest BCUT2D eigenvalue weighted by atomic mass is 9.86. The molecule has 2 unspecified atom stereocenters. The summed E-state index contributed by atoms with van der Waals surface area (Å²) in [6, 6.07) is 21.2. The van der Waals surface area contributed by atoms with Crippen LogP contribution in [-0.2, 0) is 10.8 Å². The fourth-order valence-electron chi connectivity index (χ4n) is 5.64. The van der Waals surface area contributed by atoms with Gasteiger partial charge in [0, 0.05) is 32.7 Å². The van der Waals surface area contributed by atoms with Gasteiger partial charge in [-0.05, 0) is 30.2 Å². The van der Waals surface area contributed by atoms with E-state index in [1.807, 2.05) is 59.2 Å². The van der Waals surface area contributed by atoms with E-state index >= 15 is 0 Å². The predicted molar refractivity (Wildman–Crippen MR) is 137 cm³/mol. The Bertz CT molecular complexity index is 1850. The zero-order chi connectivity index (χ0) is 26.3. The summed E-state index contributed by atoms with van der Waals surface area (Å²) in [7, 11) is -1.61. The Kier molecular flexibility index (Phi) is 5.00. The number of fused-ring (bicyclic) bond motifs is 6.